The van der Waals surface area contributed by atoms with E-state index in [1.165, 1.54) is 25.3 Å². The number of anilines is 1. The standard InChI is InChI=1S/C27H22FIN2O6/c1-3-36-23-14-17(13-22(29)24(23)37-15-16-5-4-6-18(28)11-16)12-21-25(32)30-27(34)31(26(21)33)19-7-9-20(35-2)10-8-19/h4-14H,3,15H2,1-2H3,(H,30,32,34)/b21-12+. The lowest BCUT2D eigenvalue weighted by Gasteiger charge is -2.26. The molecule has 4 amide bonds. The number of hydrogen-bond donors (Lipinski definition) is 1. The first-order valence-corrected chi connectivity index (χ1v) is 12.3. The second-order valence-electron chi connectivity index (χ2n) is 7.84. The smallest absolute Gasteiger partial charge is 0.335 e. The predicted molar refractivity (Wildman–Crippen MR) is 143 cm³/mol. The maximum Gasteiger partial charge on any atom is 0.335 e. The molecule has 8 nitrogen and oxygen atoms in total. The monoisotopic (exact) mass is 616 g/mol. The third-order valence-electron chi connectivity index (χ3n) is 5.35. The molecule has 0 spiro atoms. The van der Waals surface area contributed by atoms with Gasteiger partial charge in [0.05, 0.1) is 23.0 Å². The van der Waals surface area contributed by atoms with Gasteiger partial charge in [-0.15, -0.1) is 0 Å². The number of benzene rings is 3. The van der Waals surface area contributed by atoms with Crippen molar-refractivity contribution in [1.82, 2.24) is 5.32 Å². The molecule has 3 aromatic rings. The normalized spacial score (nSPS) is 14.5. The van der Waals surface area contributed by atoms with Gasteiger partial charge in [0.1, 0.15) is 23.7 Å². The zero-order valence-corrected chi connectivity index (χ0v) is 22.1. The molecule has 1 saturated heterocycles. The highest BCUT2D eigenvalue weighted by molar-refractivity contribution is 14.1. The first kappa shape index (κ1) is 26.1. The van der Waals surface area contributed by atoms with Crippen LogP contribution in [0, 0.1) is 9.39 Å². The Morgan fingerprint density at radius 2 is 1.78 bits per heavy atom. The van der Waals surface area contributed by atoms with E-state index in [1.54, 1.807) is 48.5 Å². The van der Waals surface area contributed by atoms with E-state index in [9.17, 15) is 18.8 Å². The van der Waals surface area contributed by atoms with Gasteiger partial charge in [0.25, 0.3) is 11.8 Å². The second kappa shape index (κ2) is 11.4. The minimum atomic E-state index is -0.844. The third-order valence-corrected chi connectivity index (χ3v) is 6.15. The van der Waals surface area contributed by atoms with Crippen LogP contribution in [0.15, 0.2) is 66.2 Å². The predicted octanol–water partition coefficient (Wildman–Crippen LogP) is 5.08. The lowest BCUT2D eigenvalue weighted by molar-refractivity contribution is -0.122. The molecule has 1 aliphatic rings. The molecule has 0 bridgehead atoms. The number of imide groups is 2. The molecule has 0 aromatic heterocycles. The Morgan fingerprint density at radius 3 is 2.46 bits per heavy atom. The van der Waals surface area contributed by atoms with Crippen LogP contribution in [-0.2, 0) is 16.2 Å². The number of methoxy groups -OCH3 is 1. The maximum atomic E-state index is 13.5. The number of nitrogens with zero attached hydrogens (tertiary/aromatic N) is 1. The lowest BCUT2D eigenvalue weighted by Crippen LogP contribution is -2.54. The van der Waals surface area contributed by atoms with Gasteiger partial charge >= 0.3 is 6.03 Å². The van der Waals surface area contributed by atoms with Crippen LogP contribution < -0.4 is 24.4 Å². The first-order valence-electron chi connectivity index (χ1n) is 11.2. The summed E-state index contributed by atoms with van der Waals surface area (Å²) in [5.74, 6) is -0.538. The fraction of sp³-hybridized carbons (Fsp3) is 0.148. The summed E-state index contributed by atoms with van der Waals surface area (Å²) in [5.41, 5.74) is 1.21. The van der Waals surface area contributed by atoms with Crippen LogP contribution in [0.3, 0.4) is 0 Å². The van der Waals surface area contributed by atoms with Crippen LogP contribution in [0.1, 0.15) is 18.1 Å². The van der Waals surface area contributed by atoms with Crippen molar-refractivity contribution in [2.45, 2.75) is 13.5 Å². The Balaban J connectivity index is 1.65. The van der Waals surface area contributed by atoms with Crippen molar-refractivity contribution in [3.8, 4) is 17.2 Å². The molecule has 0 atom stereocenters. The average Bonchev–Trinajstić information content (AvgIpc) is 2.86. The van der Waals surface area contributed by atoms with Crippen molar-refractivity contribution in [3.63, 3.8) is 0 Å². The van der Waals surface area contributed by atoms with E-state index in [-0.39, 0.29) is 23.7 Å². The molecular formula is C27H22FIN2O6. The summed E-state index contributed by atoms with van der Waals surface area (Å²) < 4.78 is 31.0. The van der Waals surface area contributed by atoms with E-state index in [1.807, 2.05) is 6.92 Å². The van der Waals surface area contributed by atoms with Crippen LogP contribution in [0.2, 0.25) is 0 Å². The zero-order chi connectivity index (χ0) is 26.5. The van der Waals surface area contributed by atoms with Gasteiger partial charge in [-0.2, -0.15) is 0 Å². The van der Waals surface area contributed by atoms with Crippen LogP contribution in [0.5, 0.6) is 17.2 Å². The third kappa shape index (κ3) is 5.91. The molecule has 4 rings (SSSR count). The van der Waals surface area contributed by atoms with E-state index < -0.39 is 17.8 Å². The molecule has 1 aliphatic heterocycles. The van der Waals surface area contributed by atoms with Gasteiger partial charge in [-0.25, -0.2) is 14.1 Å². The molecule has 0 radical (unpaired) electrons. The highest BCUT2D eigenvalue weighted by Gasteiger charge is 2.37. The van der Waals surface area contributed by atoms with Crippen LogP contribution >= 0.6 is 22.6 Å². The van der Waals surface area contributed by atoms with Gasteiger partial charge in [0, 0.05) is 0 Å². The second-order valence-corrected chi connectivity index (χ2v) is 9.00. The number of barbiturate groups is 1. The number of hydrogen-bond acceptors (Lipinski definition) is 6. The Bertz CT molecular complexity index is 1390. The fourth-order valence-corrected chi connectivity index (χ4v) is 4.43. The van der Waals surface area contributed by atoms with Crippen molar-refractivity contribution in [1.29, 1.82) is 0 Å². The number of nitrogens with one attached hydrogen (secondary N) is 1. The van der Waals surface area contributed by atoms with Gasteiger partial charge in [-0.3, -0.25) is 14.9 Å². The largest absolute Gasteiger partial charge is 0.497 e. The molecule has 10 heteroatoms. The minimum absolute atomic E-state index is 0.119. The summed E-state index contributed by atoms with van der Waals surface area (Å²) >= 11 is 2.06. The number of halogens is 2. The topological polar surface area (TPSA) is 94.2 Å². The van der Waals surface area contributed by atoms with Crippen LogP contribution in [0.25, 0.3) is 6.08 Å². The number of urea groups is 1. The van der Waals surface area contributed by atoms with Crippen molar-refractivity contribution in [2.24, 2.45) is 0 Å². The van der Waals surface area contributed by atoms with E-state index in [2.05, 4.69) is 27.9 Å². The van der Waals surface area contributed by atoms with E-state index in [0.717, 1.165) is 4.90 Å². The Kier molecular flexibility index (Phi) is 8.07. The first-order chi connectivity index (χ1) is 17.8. The summed E-state index contributed by atoms with van der Waals surface area (Å²) in [6, 6.07) is 14.9. The molecule has 1 N–H and O–H groups in total. The van der Waals surface area contributed by atoms with E-state index in [4.69, 9.17) is 14.2 Å². The van der Waals surface area contributed by atoms with E-state index in [0.29, 0.717) is 38.6 Å². The number of rotatable bonds is 8. The van der Waals surface area contributed by atoms with Gasteiger partial charge < -0.3 is 14.2 Å². The Hall–Kier alpha value is -3.93. The number of ether oxygens (including phenoxy) is 3. The molecular weight excluding hydrogens is 594 g/mol. The summed E-state index contributed by atoms with van der Waals surface area (Å²) in [6.45, 7) is 2.27. The number of carbonyl (C=O) groups is 3. The summed E-state index contributed by atoms with van der Waals surface area (Å²) in [7, 11) is 1.50. The fourth-order valence-electron chi connectivity index (χ4n) is 3.65. The number of carbonyl (C=O) groups excluding carboxylic acids is 3. The minimum Gasteiger partial charge on any atom is -0.497 e. The summed E-state index contributed by atoms with van der Waals surface area (Å²) in [5, 5.41) is 2.21. The quantitative estimate of drug-likeness (QED) is 0.216. The molecule has 0 unspecified atom stereocenters. The maximum absolute atomic E-state index is 13.5. The number of amides is 4. The van der Waals surface area contributed by atoms with Gasteiger partial charge in [-0.05, 0) is 95.2 Å². The Morgan fingerprint density at radius 1 is 1.03 bits per heavy atom. The molecule has 1 heterocycles. The van der Waals surface area contributed by atoms with Gasteiger partial charge in [-0.1, -0.05) is 12.1 Å². The lowest BCUT2D eigenvalue weighted by atomic mass is 10.1. The van der Waals surface area contributed by atoms with Crippen molar-refractivity contribution < 1.29 is 33.0 Å². The van der Waals surface area contributed by atoms with Crippen molar-refractivity contribution >= 4 is 52.2 Å². The molecule has 3 aromatic carbocycles. The van der Waals surface area contributed by atoms with Crippen molar-refractivity contribution in [3.05, 3.63) is 86.8 Å². The van der Waals surface area contributed by atoms with Crippen LogP contribution in [-0.4, -0.2) is 31.6 Å². The molecule has 0 aliphatic carbocycles. The zero-order valence-electron chi connectivity index (χ0n) is 19.9. The molecule has 0 saturated carbocycles. The molecule has 190 valence electrons. The SMILES string of the molecule is CCOc1cc(/C=C2\C(=O)NC(=O)N(c3ccc(OC)cc3)C2=O)cc(I)c1OCc1cccc(F)c1. The van der Waals surface area contributed by atoms with Gasteiger partial charge in [0.15, 0.2) is 11.5 Å². The van der Waals surface area contributed by atoms with E-state index >= 15 is 0 Å². The molecule has 37 heavy (non-hydrogen) atoms. The Labute approximate surface area is 226 Å². The van der Waals surface area contributed by atoms with Crippen molar-refractivity contribution in [2.75, 3.05) is 18.6 Å². The van der Waals surface area contributed by atoms with Gasteiger partial charge in [0.2, 0.25) is 0 Å². The molecule has 1 fully saturated rings. The highest BCUT2D eigenvalue weighted by atomic mass is 127. The summed E-state index contributed by atoms with van der Waals surface area (Å²) in [4.78, 5) is 39.2. The van der Waals surface area contributed by atoms with Crippen LogP contribution in [0.4, 0.5) is 14.9 Å². The highest BCUT2D eigenvalue weighted by Crippen LogP contribution is 2.36. The average molecular weight is 616 g/mol. The summed E-state index contributed by atoms with van der Waals surface area (Å²) in [6.07, 6.45) is 1.39.